The Morgan fingerprint density at radius 3 is 2.82 bits per heavy atom. The first-order chi connectivity index (χ1) is 8.00. The first-order valence-electron chi connectivity index (χ1n) is 5.72. The summed E-state index contributed by atoms with van der Waals surface area (Å²) in [4.78, 5) is 17.2. The molecule has 0 bridgehead atoms. The van der Waals surface area contributed by atoms with E-state index in [-0.39, 0.29) is 11.3 Å². The van der Waals surface area contributed by atoms with Gasteiger partial charge in [0, 0.05) is 13.1 Å². The summed E-state index contributed by atoms with van der Waals surface area (Å²) in [7, 11) is 1.94. The first kappa shape index (κ1) is 11.7. The summed E-state index contributed by atoms with van der Waals surface area (Å²) >= 11 is 0. The van der Waals surface area contributed by atoms with Crippen molar-refractivity contribution in [1.82, 2.24) is 4.98 Å². The quantitative estimate of drug-likeness (QED) is 0.828. The molecule has 1 atom stereocenters. The van der Waals surface area contributed by atoms with Crippen LogP contribution >= 0.6 is 0 Å². The van der Waals surface area contributed by atoms with Crippen molar-refractivity contribution in [2.24, 2.45) is 5.92 Å². The van der Waals surface area contributed by atoms with Crippen LogP contribution in [0.3, 0.4) is 0 Å². The van der Waals surface area contributed by atoms with Crippen LogP contribution in [0.4, 0.5) is 11.5 Å². The summed E-state index contributed by atoms with van der Waals surface area (Å²) in [6.07, 6.45) is 3.90. The van der Waals surface area contributed by atoms with Crippen molar-refractivity contribution in [3.05, 3.63) is 17.8 Å². The van der Waals surface area contributed by atoms with E-state index in [2.05, 4.69) is 11.9 Å². The molecule has 1 aromatic rings. The van der Waals surface area contributed by atoms with Gasteiger partial charge in [0.1, 0.15) is 5.82 Å². The minimum Gasteiger partial charge on any atom is -0.478 e. The summed E-state index contributed by atoms with van der Waals surface area (Å²) in [5.74, 6) is 0.349. The zero-order chi connectivity index (χ0) is 12.6. The first-order valence-corrected chi connectivity index (χ1v) is 5.72. The van der Waals surface area contributed by atoms with Crippen molar-refractivity contribution in [3.8, 4) is 0 Å². The van der Waals surface area contributed by atoms with Crippen molar-refractivity contribution in [2.45, 2.75) is 25.8 Å². The average molecular weight is 235 g/mol. The van der Waals surface area contributed by atoms with Crippen molar-refractivity contribution in [3.63, 3.8) is 0 Å². The van der Waals surface area contributed by atoms with Gasteiger partial charge < -0.3 is 15.7 Å². The highest BCUT2D eigenvalue weighted by Crippen LogP contribution is 2.36. The SMILES string of the molecule is CC(C1CC1)N(C)c1cc(C(=O)O)c(N)cn1. The number of rotatable bonds is 4. The number of anilines is 2. The highest BCUT2D eigenvalue weighted by atomic mass is 16.4. The minimum atomic E-state index is -1.02. The average Bonchev–Trinajstić information content (AvgIpc) is 3.11. The zero-order valence-corrected chi connectivity index (χ0v) is 10.1. The summed E-state index contributed by atoms with van der Waals surface area (Å²) < 4.78 is 0. The number of carbonyl (C=O) groups is 1. The van der Waals surface area contributed by atoms with Gasteiger partial charge in [-0.25, -0.2) is 9.78 Å². The maximum Gasteiger partial charge on any atom is 0.337 e. The van der Waals surface area contributed by atoms with Gasteiger partial charge in [0.25, 0.3) is 0 Å². The third-order valence-electron chi connectivity index (χ3n) is 3.43. The lowest BCUT2D eigenvalue weighted by molar-refractivity contribution is 0.0698. The number of hydrogen-bond donors (Lipinski definition) is 2. The molecule has 0 amide bonds. The van der Waals surface area contributed by atoms with Crippen LogP contribution in [-0.4, -0.2) is 29.1 Å². The molecule has 3 N–H and O–H groups in total. The van der Waals surface area contributed by atoms with Crippen molar-refractivity contribution in [2.75, 3.05) is 17.7 Å². The third-order valence-corrected chi connectivity index (χ3v) is 3.43. The number of nitrogens with zero attached hydrogens (tertiary/aromatic N) is 2. The predicted octanol–water partition coefficient (Wildman–Crippen LogP) is 1.60. The lowest BCUT2D eigenvalue weighted by atomic mass is 10.1. The Labute approximate surface area is 100 Å². The van der Waals surface area contributed by atoms with Gasteiger partial charge in [-0.15, -0.1) is 0 Å². The van der Waals surface area contributed by atoms with E-state index < -0.39 is 5.97 Å². The summed E-state index contributed by atoms with van der Waals surface area (Å²) in [6.45, 7) is 2.14. The lowest BCUT2D eigenvalue weighted by Gasteiger charge is -2.26. The van der Waals surface area contributed by atoms with Gasteiger partial charge in [-0.05, 0) is 31.7 Å². The molecule has 5 heteroatoms. The topological polar surface area (TPSA) is 79.5 Å². The molecule has 2 rings (SSSR count). The number of pyridine rings is 1. The Bertz CT molecular complexity index is 443. The normalized spacial score (nSPS) is 16.6. The molecule has 92 valence electrons. The summed E-state index contributed by atoms with van der Waals surface area (Å²) in [6, 6.07) is 1.92. The fourth-order valence-electron chi connectivity index (χ4n) is 1.94. The molecule has 1 aromatic heterocycles. The van der Waals surface area contributed by atoms with E-state index in [4.69, 9.17) is 10.8 Å². The van der Waals surface area contributed by atoms with Crippen LogP contribution in [0.5, 0.6) is 0 Å². The Morgan fingerprint density at radius 2 is 2.29 bits per heavy atom. The number of aromatic carboxylic acids is 1. The fourth-order valence-corrected chi connectivity index (χ4v) is 1.94. The minimum absolute atomic E-state index is 0.116. The standard InChI is InChI=1S/C12H17N3O2/c1-7(8-3-4-8)15(2)11-5-9(12(16)17)10(13)6-14-11/h5-8H,3-4,13H2,1-2H3,(H,16,17). The molecule has 0 radical (unpaired) electrons. The predicted molar refractivity (Wildman–Crippen MR) is 66.2 cm³/mol. The second-order valence-corrected chi connectivity index (χ2v) is 4.62. The van der Waals surface area contributed by atoms with Crippen molar-refractivity contribution < 1.29 is 9.90 Å². The van der Waals surface area contributed by atoms with Crippen molar-refractivity contribution in [1.29, 1.82) is 0 Å². The number of aromatic nitrogens is 1. The Morgan fingerprint density at radius 1 is 1.65 bits per heavy atom. The number of nitrogen functional groups attached to an aromatic ring is 1. The molecule has 17 heavy (non-hydrogen) atoms. The summed E-state index contributed by atoms with van der Waals surface area (Å²) in [5.41, 5.74) is 5.90. The number of hydrogen-bond acceptors (Lipinski definition) is 4. The van der Waals surface area contributed by atoms with E-state index in [0.717, 1.165) is 0 Å². The monoisotopic (exact) mass is 235 g/mol. The van der Waals surface area contributed by atoms with Gasteiger partial charge in [0.15, 0.2) is 0 Å². The van der Waals surface area contributed by atoms with E-state index in [1.165, 1.54) is 25.1 Å². The lowest BCUT2D eigenvalue weighted by Crippen LogP contribution is -2.31. The second-order valence-electron chi connectivity index (χ2n) is 4.62. The molecule has 0 saturated heterocycles. The molecule has 1 unspecified atom stereocenters. The summed E-state index contributed by atoms with van der Waals surface area (Å²) in [5, 5.41) is 9.01. The van der Waals surface area contributed by atoms with Crippen LogP contribution in [0.2, 0.25) is 0 Å². The van der Waals surface area contributed by atoms with E-state index in [0.29, 0.717) is 17.8 Å². The molecule has 5 nitrogen and oxygen atoms in total. The highest BCUT2D eigenvalue weighted by Gasteiger charge is 2.31. The molecule has 1 fully saturated rings. The molecule has 1 heterocycles. The van der Waals surface area contributed by atoms with Gasteiger partial charge in [-0.1, -0.05) is 0 Å². The molecule has 1 aliphatic carbocycles. The maximum absolute atomic E-state index is 11.0. The van der Waals surface area contributed by atoms with Crippen molar-refractivity contribution >= 4 is 17.5 Å². The van der Waals surface area contributed by atoms with E-state index in [9.17, 15) is 4.79 Å². The van der Waals surface area contributed by atoms with E-state index >= 15 is 0 Å². The zero-order valence-electron chi connectivity index (χ0n) is 10.1. The van der Waals surface area contributed by atoms with Crippen LogP contribution in [0, 0.1) is 5.92 Å². The van der Waals surface area contributed by atoms with Crippen LogP contribution in [0.25, 0.3) is 0 Å². The Hall–Kier alpha value is -1.78. The molecule has 0 spiro atoms. The second kappa shape index (κ2) is 4.24. The molecular formula is C12H17N3O2. The van der Waals surface area contributed by atoms with Crippen LogP contribution in [0.15, 0.2) is 12.3 Å². The molecule has 1 aliphatic rings. The highest BCUT2D eigenvalue weighted by molar-refractivity contribution is 5.94. The van der Waals surface area contributed by atoms with Crippen LogP contribution in [-0.2, 0) is 0 Å². The number of carboxylic acids is 1. The van der Waals surface area contributed by atoms with Gasteiger partial charge >= 0.3 is 5.97 Å². The van der Waals surface area contributed by atoms with Gasteiger partial charge in [0.05, 0.1) is 17.4 Å². The Kier molecular flexibility index (Phi) is 2.92. The fraction of sp³-hybridized carbons (Fsp3) is 0.500. The largest absolute Gasteiger partial charge is 0.478 e. The number of carboxylic acid groups (broad SMARTS) is 1. The Balaban J connectivity index is 2.25. The van der Waals surface area contributed by atoms with E-state index in [1.54, 1.807) is 0 Å². The van der Waals surface area contributed by atoms with E-state index in [1.807, 2.05) is 11.9 Å². The van der Waals surface area contributed by atoms with Crippen LogP contribution in [0.1, 0.15) is 30.1 Å². The molecule has 0 aromatic carbocycles. The van der Waals surface area contributed by atoms with Gasteiger partial charge in [0.2, 0.25) is 0 Å². The van der Waals surface area contributed by atoms with Crippen LogP contribution < -0.4 is 10.6 Å². The van der Waals surface area contributed by atoms with Gasteiger partial charge in [-0.2, -0.15) is 0 Å². The van der Waals surface area contributed by atoms with Gasteiger partial charge in [-0.3, -0.25) is 0 Å². The molecular weight excluding hydrogens is 218 g/mol. The molecule has 1 saturated carbocycles. The molecule has 0 aliphatic heterocycles. The maximum atomic E-state index is 11.0. The smallest absolute Gasteiger partial charge is 0.337 e. The number of nitrogens with two attached hydrogens (primary N) is 1. The third kappa shape index (κ3) is 2.33.